The Bertz CT molecular complexity index is 585. The lowest BCUT2D eigenvalue weighted by Crippen LogP contribution is -2.48. The number of carbonyl (C=O) groups is 2. The second-order valence-electron chi connectivity index (χ2n) is 7.03. The van der Waals surface area contributed by atoms with E-state index in [-0.39, 0.29) is 23.9 Å². The molecule has 5 nitrogen and oxygen atoms in total. The van der Waals surface area contributed by atoms with E-state index in [1.165, 1.54) is 25.7 Å². The molecule has 1 saturated carbocycles. The van der Waals surface area contributed by atoms with E-state index >= 15 is 0 Å². The van der Waals surface area contributed by atoms with Gasteiger partial charge in [-0.2, -0.15) is 0 Å². The number of methoxy groups -OCH3 is 1. The summed E-state index contributed by atoms with van der Waals surface area (Å²) in [4.78, 5) is 26.2. The number of amides is 2. The minimum Gasteiger partial charge on any atom is -0.469 e. The molecule has 1 aromatic carbocycles. The van der Waals surface area contributed by atoms with Crippen molar-refractivity contribution in [2.75, 3.05) is 20.2 Å². The molecule has 1 fully saturated rings. The molecule has 6 heteroatoms. The average Bonchev–Trinajstić information content (AvgIpc) is 2.66. The first kappa shape index (κ1) is 20.2. The SMILES string of the molecule is COC(=O)C(C)CN(CCc1ccc(F)cc1)C(=O)NC1CCCCC1. The van der Waals surface area contributed by atoms with Crippen LogP contribution in [-0.2, 0) is 16.0 Å². The highest BCUT2D eigenvalue weighted by atomic mass is 19.1. The predicted octanol–water partition coefficient (Wildman–Crippen LogP) is 3.52. The monoisotopic (exact) mass is 364 g/mol. The number of benzene rings is 1. The molecule has 1 aliphatic rings. The quantitative estimate of drug-likeness (QED) is 0.753. The Balaban J connectivity index is 1.98. The van der Waals surface area contributed by atoms with E-state index in [2.05, 4.69) is 5.32 Å². The normalized spacial score (nSPS) is 16.0. The molecule has 0 saturated heterocycles. The van der Waals surface area contributed by atoms with E-state index in [1.54, 1.807) is 24.0 Å². The summed E-state index contributed by atoms with van der Waals surface area (Å²) in [6, 6.07) is 6.33. The summed E-state index contributed by atoms with van der Waals surface area (Å²) < 4.78 is 17.8. The first-order valence-corrected chi connectivity index (χ1v) is 9.37. The molecule has 0 aliphatic heterocycles. The molecule has 1 aliphatic carbocycles. The molecular formula is C20H29FN2O3. The van der Waals surface area contributed by atoms with Crippen LogP contribution in [-0.4, -0.2) is 43.1 Å². The molecule has 0 radical (unpaired) electrons. The summed E-state index contributed by atoms with van der Waals surface area (Å²) in [6.07, 6.45) is 6.11. The number of nitrogens with one attached hydrogen (secondary N) is 1. The molecule has 0 heterocycles. The topological polar surface area (TPSA) is 58.6 Å². The number of ether oxygens (including phenoxy) is 1. The van der Waals surface area contributed by atoms with Crippen molar-refractivity contribution in [1.29, 1.82) is 0 Å². The smallest absolute Gasteiger partial charge is 0.317 e. The van der Waals surface area contributed by atoms with Crippen LogP contribution >= 0.6 is 0 Å². The first-order valence-electron chi connectivity index (χ1n) is 9.37. The Kier molecular flexibility index (Phi) is 7.88. The molecule has 1 N–H and O–H groups in total. The van der Waals surface area contributed by atoms with Gasteiger partial charge in [0.05, 0.1) is 13.0 Å². The highest BCUT2D eigenvalue weighted by Gasteiger charge is 2.24. The van der Waals surface area contributed by atoms with Gasteiger partial charge in [0, 0.05) is 19.1 Å². The van der Waals surface area contributed by atoms with Crippen LogP contribution in [0.2, 0.25) is 0 Å². The Morgan fingerprint density at radius 3 is 2.50 bits per heavy atom. The fourth-order valence-electron chi connectivity index (χ4n) is 3.31. The molecule has 1 unspecified atom stereocenters. The van der Waals surface area contributed by atoms with E-state index in [4.69, 9.17) is 4.74 Å². The van der Waals surface area contributed by atoms with Gasteiger partial charge in [-0.25, -0.2) is 9.18 Å². The molecule has 1 atom stereocenters. The zero-order valence-corrected chi connectivity index (χ0v) is 15.7. The van der Waals surface area contributed by atoms with Crippen molar-refractivity contribution in [3.63, 3.8) is 0 Å². The van der Waals surface area contributed by atoms with E-state index in [0.717, 1.165) is 31.2 Å². The van der Waals surface area contributed by atoms with Gasteiger partial charge in [0.2, 0.25) is 0 Å². The number of esters is 1. The van der Waals surface area contributed by atoms with E-state index in [9.17, 15) is 14.0 Å². The van der Waals surface area contributed by atoms with Gasteiger partial charge >= 0.3 is 12.0 Å². The van der Waals surface area contributed by atoms with Crippen LogP contribution in [0.15, 0.2) is 24.3 Å². The molecule has 0 spiro atoms. The summed E-state index contributed by atoms with van der Waals surface area (Å²) in [6.45, 7) is 2.52. The number of hydrogen-bond donors (Lipinski definition) is 1. The molecule has 2 rings (SSSR count). The zero-order valence-electron chi connectivity index (χ0n) is 15.7. The fraction of sp³-hybridized carbons (Fsp3) is 0.600. The van der Waals surface area contributed by atoms with Gasteiger partial charge in [-0.3, -0.25) is 4.79 Å². The van der Waals surface area contributed by atoms with Crippen LogP contribution in [0.25, 0.3) is 0 Å². The van der Waals surface area contributed by atoms with Gasteiger partial charge in [-0.1, -0.05) is 38.3 Å². The van der Waals surface area contributed by atoms with E-state index in [1.807, 2.05) is 0 Å². The lowest BCUT2D eigenvalue weighted by atomic mass is 9.96. The lowest BCUT2D eigenvalue weighted by molar-refractivity contribution is -0.145. The maximum atomic E-state index is 13.0. The Labute approximate surface area is 154 Å². The second kappa shape index (κ2) is 10.1. The zero-order chi connectivity index (χ0) is 18.9. The molecule has 144 valence electrons. The molecular weight excluding hydrogens is 335 g/mol. The third-order valence-corrected chi connectivity index (χ3v) is 4.90. The maximum absolute atomic E-state index is 13.0. The molecule has 0 bridgehead atoms. The number of rotatable bonds is 7. The summed E-state index contributed by atoms with van der Waals surface area (Å²) in [5, 5.41) is 3.10. The summed E-state index contributed by atoms with van der Waals surface area (Å²) >= 11 is 0. The highest BCUT2D eigenvalue weighted by molar-refractivity contribution is 5.76. The second-order valence-corrected chi connectivity index (χ2v) is 7.03. The Hall–Kier alpha value is -2.11. The van der Waals surface area contributed by atoms with Gasteiger partial charge in [0.1, 0.15) is 5.82 Å². The van der Waals surface area contributed by atoms with Gasteiger partial charge in [-0.05, 0) is 37.0 Å². The number of carbonyl (C=O) groups excluding carboxylic acids is 2. The first-order chi connectivity index (χ1) is 12.5. The molecule has 2 amide bonds. The van der Waals surface area contributed by atoms with Crippen LogP contribution in [0.4, 0.5) is 9.18 Å². The van der Waals surface area contributed by atoms with Crippen molar-refractivity contribution < 1.29 is 18.7 Å². The summed E-state index contributed by atoms with van der Waals surface area (Å²) in [5.41, 5.74) is 0.951. The van der Waals surface area contributed by atoms with Crippen LogP contribution in [0, 0.1) is 11.7 Å². The maximum Gasteiger partial charge on any atom is 0.317 e. The van der Waals surface area contributed by atoms with Gasteiger partial charge in [0.15, 0.2) is 0 Å². The summed E-state index contributed by atoms with van der Waals surface area (Å²) in [5.74, 6) is -1.01. The van der Waals surface area contributed by atoms with Crippen molar-refractivity contribution in [3.05, 3.63) is 35.6 Å². The van der Waals surface area contributed by atoms with Gasteiger partial charge in [-0.15, -0.1) is 0 Å². The van der Waals surface area contributed by atoms with Gasteiger partial charge < -0.3 is 15.0 Å². The molecule has 1 aromatic rings. The minimum atomic E-state index is -0.398. The lowest BCUT2D eigenvalue weighted by Gasteiger charge is -2.29. The molecule has 0 aromatic heterocycles. The minimum absolute atomic E-state index is 0.144. The standard InChI is InChI=1S/C20H29FN2O3/c1-15(19(24)26-2)14-23(13-12-16-8-10-17(21)11-9-16)20(25)22-18-6-4-3-5-7-18/h8-11,15,18H,3-7,12-14H2,1-2H3,(H,22,25). The van der Waals surface area contributed by atoms with Gasteiger partial charge in [0.25, 0.3) is 0 Å². The van der Waals surface area contributed by atoms with Crippen LogP contribution in [0.3, 0.4) is 0 Å². The van der Waals surface area contributed by atoms with Crippen molar-refractivity contribution in [3.8, 4) is 0 Å². The van der Waals surface area contributed by atoms with Crippen LogP contribution in [0.5, 0.6) is 0 Å². The highest BCUT2D eigenvalue weighted by Crippen LogP contribution is 2.18. The number of halogens is 1. The average molecular weight is 364 g/mol. The predicted molar refractivity (Wildman–Crippen MR) is 98.3 cm³/mol. The number of urea groups is 1. The van der Waals surface area contributed by atoms with Crippen molar-refractivity contribution in [2.45, 2.75) is 51.5 Å². The van der Waals surface area contributed by atoms with Crippen molar-refractivity contribution >= 4 is 12.0 Å². The fourth-order valence-corrected chi connectivity index (χ4v) is 3.31. The van der Waals surface area contributed by atoms with Crippen molar-refractivity contribution in [1.82, 2.24) is 10.2 Å². The summed E-state index contributed by atoms with van der Waals surface area (Å²) in [7, 11) is 1.35. The van der Waals surface area contributed by atoms with Crippen LogP contribution in [0.1, 0.15) is 44.6 Å². The Morgan fingerprint density at radius 2 is 1.88 bits per heavy atom. The largest absolute Gasteiger partial charge is 0.469 e. The van der Waals surface area contributed by atoms with E-state index < -0.39 is 5.92 Å². The molecule has 26 heavy (non-hydrogen) atoms. The number of hydrogen-bond acceptors (Lipinski definition) is 3. The Morgan fingerprint density at radius 1 is 1.23 bits per heavy atom. The van der Waals surface area contributed by atoms with E-state index in [0.29, 0.717) is 19.5 Å². The third-order valence-electron chi connectivity index (χ3n) is 4.90. The van der Waals surface area contributed by atoms with Crippen LogP contribution < -0.4 is 5.32 Å². The number of nitrogens with zero attached hydrogens (tertiary/aromatic N) is 1. The van der Waals surface area contributed by atoms with Crippen molar-refractivity contribution in [2.24, 2.45) is 5.92 Å². The third kappa shape index (κ3) is 6.32.